The lowest BCUT2D eigenvalue weighted by atomic mass is 10.0. The van der Waals surface area contributed by atoms with Crippen LogP contribution in [-0.4, -0.2) is 24.3 Å². The first-order chi connectivity index (χ1) is 12.2. The van der Waals surface area contributed by atoms with Crippen molar-refractivity contribution in [3.63, 3.8) is 0 Å². The van der Waals surface area contributed by atoms with Crippen LogP contribution in [0.3, 0.4) is 0 Å². The SMILES string of the molecule is CO[C@H](C(=O)N/N=C\c1c(O)ccc2ccccc12)c1ccccc1. The molecule has 0 aromatic heterocycles. The Balaban J connectivity index is 1.79. The number of hydrazone groups is 1. The van der Waals surface area contributed by atoms with E-state index < -0.39 is 6.10 Å². The molecule has 5 nitrogen and oxygen atoms in total. The number of hydrogen-bond donors (Lipinski definition) is 2. The van der Waals surface area contributed by atoms with Crippen molar-refractivity contribution in [1.82, 2.24) is 5.43 Å². The second-order valence-electron chi connectivity index (χ2n) is 5.48. The Morgan fingerprint density at radius 2 is 1.80 bits per heavy atom. The van der Waals surface area contributed by atoms with E-state index in [9.17, 15) is 9.90 Å². The van der Waals surface area contributed by atoms with Crippen molar-refractivity contribution < 1.29 is 14.6 Å². The Hall–Kier alpha value is -3.18. The van der Waals surface area contributed by atoms with Gasteiger partial charge in [-0.25, -0.2) is 5.43 Å². The number of hydrogen-bond acceptors (Lipinski definition) is 4. The van der Waals surface area contributed by atoms with Crippen LogP contribution in [0.5, 0.6) is 5.75 Å². The van der Waals surface area contributed by atoms with E-state index in [1.807, 2.05) is 60.7 Å². The summed E-state index contributed by atoms with van der Waals surface area (Å²) in [6, 6.07) is 20.3. The molecule has 2 N–H and O–H groups in total. The Bertz CT molecular complexity index is 907. The molecule has 0 bridgehead atoms. The van der Waals surface area contributed by atoms with Crippen molar-refractivity contribution in [2.75, 3.05) is 7.11 Å². The Morgan fingerprint density at radius 3 is 2.56 bits per heavy atom. The lowest BCUT2D eigenvalue weighted by Gasteiger charge is -2.13. The number of ether oxygens (including phenoxy) is 1. The second kappa shape index (κ2) is 7.59. The minimum atomic E-state index is -0.750. The predicted molar refractivity (Wildman–Crippen MR) is 97.5 cm³/mol. The van der Waals surface area contributed by atoms with Crippen LogP contribution in [0.15, 0.2) is 71.8 Å². The Kier molecular flexibility index (Phi) is 5.06. The molecule has 0 aliphatic rings. The van der Waals surface area contributed by atoms with Crippen molar-refractivity contribution in [3.8, 4) is 5.75 Å². The molecule has 0 spiro atoms. The molecule has 0 saturated heterocycles. The highest BCUT2D eigenvalue weighted by molar-refractivity contribution is 6.02. The summed E-state index contributed by atoms with van der Waals surface area (Å²) in [6.45, 7) is 0. The average Bonchev–Trinajstić information content (AvgIpc) is 2.65. The molecule has 0 unspecified atom stereocenters. The first kappa shape index (κ1) is 16.7. The average molecular weight is 334 g/mol. The number of amides is 1. The van der Waals surface area contributed by atoms with Gasteiger partial charge in [0.25, 0.3) is 5.91 Å². The minimum absolute atomic E-state index is 0.100. The van der Waals surface area contributed by atoms with E-state index in [0.717, 1.165) is 16.3 Å². The van der Waals surface area contributed by atoms with Gasteiger partial charge in [0.15, 0.2) is 6.10 Å². The molecular formula is C20H18N2O3. The number of aromatic hydroxyl groups is 1. The van der Waals surface area contributed by atoms with Gasteiger partial charge in [0, 0.05) is 12.7 Å². The van der Waals surface area contributed by atoms with Crippen LogP contribution in [0, 0.1) is 0 Å². The van der Waals surface area contributed by atoms with Crippen LogP contribution in [0.25, 0.3) is 10.8 Å². The van der Waals surface area contributed by atoms with Crippen molar-refractivity contribution in [1.29, 1.82) is 0 Å². The van der Waals surface area contributed by atoms with Crippen LogP contribution in [0.2, 0.25) is 0 Å². The van der Waals surface area contributed by atoms with E-state index >= 15 is 0 Å². The maximum Gasteiger partial charge on any atom is 0.273 e. The molecule has 0 aliphatic carbocycles. The normalized spacial score (nSPS) is 12.4. The molecule has 0 saturated carbocycles. The van der Waals surface area contributed by atoms with Crippen LogP contribution < -0.4 is 5.43 Å². The number of carbonyl (C=O) groups excluding carboxylic acids is 1. The fraction of sp³-hybridized carbons (Fsp3) is 0.100. The summed E-state index contributed by atoms with van der Waals surface area (Å²) in [5.74, 6) is -0.285. The second-order valence-corrected chi connectivity index (χ2v) is 5.48. The molecule has 3 aromatic carbocycles. The third kappa shape index (κ3) is 3.67. The maximum absolute atomic E-state index is 12.3. The number of rotatable bonds is 5. The summed E-state index contributed by atoms with van der Waals surface area (Å²) in [4.78, 5) is 12.3. The van der Waals surface area contributed by atoms with Gasteiger partial charge in [0.05, 0.1) is 6.21 Å². The van der Waals surface area contributed by atoms with Gasteiger partial charge in [0.2, 0.25) is 0 Å². The van der Waals surface area contributed by atoms with Crippen molar-refractivity contribution >= 4 is 22.9 Å². The van der Waals surface area contributed by atoms with E-state index in [1.54, 1.807) is 6.07 Å². The molecule has 0 radical (unpaired) electrons. The van der Waals surface area contributed by atoms with Crippen LogP contribution in [-0.2, 0) is 9.53 Å². The predicted octanol–water partition coefficient (Wildman–Crippen LogP) is 3.38. The summed E-state index contributed by atoms with van der Waals surface area (Å²) < 4.78 is 5.26. The van der Waals surface area contributed by atoms with E-state index in [4.69, 9.17) is 4.74 Å². The first-order valence-corrected chi connectivity index (χ1v) is 7.82. The Labute approximate surface area is 145 Å². The molecule has 0 heterocycles. The zero-order chi connectivity index (χ0) is 17.6. The van der Waals surface area contributed by atoms with Crippen LogP contribution >= 0.6 is 0 Å². The Morgan fingerprint density at radius 1 is 1.08 bits per heavy atom. The summed E-state index contributed by atoms with van der Waals surface area (Å²) >= 11 is 0. The molecular weight excluding hydrogens is 316 g/mol. The summed E-state index contributed by atoms with van der Waals surface area (Å²) in [6.07, 6.45) is 0.687. The molecule has 25 heavy (non-hydrogen) atoms. The van der Waals surface area contributed by atoms with Gasteiger partial charge in [-0.1, -0.05) is 60.7 Å². The van der Waals surface area contributed by atoms with E-state index in [1.165, 1.54) is 13.3 Å². The number of phenolic OH excluding ortho intramolecular Hbond substituents is 1. The fourth-order valence-corrected chi connectivity index (χ4v) is 2.66. The maximum atomic E-state index is 12.3. The highest BCUT2D eigenvalue weighted by Crippen LogP contribution is 2.25. The van der Waals surface area contributed by atoms with E-state index in [0.29, 0.717) is 5.56 Å². The smallest absolute Gasteiger partial charge is 0.273 e. The number of fused-ring (bicyclic) bond motifs is 1. The largest absolute Gasteiger partial charge is 0.507 e. The van der Waals surface area contributed by atoms with Crippen molar-refractivity contribution in [3.05, 3.63) is 77.9 Å². The summed E-state index contributed by atoms with van der Waals surface area (Å²) in [5, 5.41) is 15.9. The minimum Gasteiger partial charge on any atom is -0.507 e. The highest BCUT2D eigenvalue weighted by Gasteiger charge is 2.19. The summed E-state index contributed by atoms with van der Waals surface area (Å²) in [5.41, 5.74) is 3.76. The molecule has 1 amide bonds. The van der Waals surface area contributed by atoms with Crippen LogP contribution in [0.4, 0.5) is 0 Å². The molecule has 3 aromatic rings. The topological polar surface area (TPSA) is 70.9 Å². The number of nitrogens with zero attached hydrogens (tertiary/aromatic N) is 1. The molecule has 1 atom stereocenters. The number of methoxy groups -OCH3 is 1. The first-order valence-electron chi connectivity index (χ1n) is 7.82. The monoisotopic (exact) mass is 334 g/mol. The lowest BCUT2D eigenvalue weighted by molar-refractivity contribution is -0.131. The standard InChI is InChI=1S/C20H18N2O3/c1-25-19(15-8-3-2-4-9-15)20(24)22-21-13-17-16-10-6-5-7-14(16)11-12-18(17)23/h2-13,19,23H,1H3,(H,22,24)/b21-13-/t19-/m0/s1. The van der Waals surface area contributed by atoms with Crippen molar-refractivity contribution in [2.24, 2.45) is 5.10 Å². The molecule has 126 valence electrons. The number of phenols is 1. The quantitative estimate of drug-likeness (QED) is 0.555. The van der Waals surface area contributed by atoms with E-state index in [-0.39, 0.29) is 11.7 Å². The number of carbonyl (C=O) groups is 1. The van der Waals surface area contributed by atoms with Gasteiger partial charge >= 0.3 is 0 Å². The van der Waals surface area contributed by atoms with Gasteiger partial charge in [-0.2, -0.15) is 5.10 Å². The van der Waals surface area contributed by atoms with Gasteiger partial charge in [0.1, 0.15) is 5.75 Å². The molecule has 0 aliphatic heterocycles. The van der Waals surface area contributed by atoms with Crippen molar-refractivity contribution in [2.45, 2.75) is 6.10 Å². The highest BCUT2D eigenvalue weighted by atomic mass is 16.5. The zero-order valence-electron chi connectivity index (χ0n) is 13.7. The van der Waals surface area contributed by atoms with Gasteiger partial charge < -0.3 is 9.84 Å². The third-order valence-corrected chi connectivity index (χ3v) is 3.89. The molecule has 0 fully saturated rings. The van der Waals surface area contributed by atoms with E-state index in [2.05, 4.69) is 10.5 Å². The van der Waals surface area contributed by atoms with Gasteiger partial charge in [-0.05, 0) is 22.4 Å². The lowest BCUT2D eigenvalue weighted by Crippen LogP contribution is -2.26. The number of nitrogens with one attached hydrogen (secondary N) is 1. The molecule has 3 rings (SSSR count). The van der Waals surface area contributed by atoms with Gasteiger partial charge in [-0.15, -0.1) is 0 Å². The zero-order valence-corrected chi connectivity index (χ0v) is 13.7. The van der Waals surface area contributed by atoms with Crippen LogP contribution in [0.1, 0.15) is 17.2 Å². The van der Waals surface area contributed by atoms with Gasteiger partial charge in [-0.3, -0.25) is 4.79 Å². The third-order valence-electron chi connectivity index (χ3n) is 3.89. The summed E-state index contributed by atoms with van der Waals surface area (Å²) in [7, 11) is 1.47. The number of benzene rings is 3. The fourth-order valence-electron chi connectivity index (χ4n) is 2.66. The molecule has 5 heteroatoms.